The Kier molecular flexibility index (Phi) is 4.98. The molecule has 0 unspecified atom stereocenters. The number of benzene rings is 2. The molecule has 0 spiro atoms. The zero-order valence-corrected chi connectivity index (χ0v) is 15.6. The van der Waals surface area contributed by atoms with Gasteiger partial charge in [-0.1, -0.05) is 36.4 Å². The number of fused-ring (bicyclic) bond motifs is 1. The van der Waals surface area contributed by atoms with Gasteiger partial charge in [0, 0.05) is 49.4 Å². The fraction of sp³-hybridized carbons (Fsp3) is 0.190. The number of aromatic nitrogens is 1. The number of amides is 2. The second-order valence-corrected chi connectivity index (χ2v) is 7.27. The molecule has 1 saturated heterocycles. The van der Waals surface area contributed by atoms with Gasteiger partial charge in [0.05, 0.1) is 0 Å². The Hall–Kier alpha value is -2.99. The summed E-state index contributed by atoms with van der Waals surface area (Å²) in [6.07, 6.45) is 5.01. The molecular weight excluding hydrogens is 358 g/mol. The lowest BCUT2D eigenvalue weighted by Crippen LogP contribution is -2.50. The summed E-state index contributed by atoms with van der Waals surface area (Å²) >= 11 is 1.49. The highest BCUT2D eigenvalue weighted by Crippen LogP contribution is 2.20. The van der Waals surface area contributed by atoms with Crippen molar-refractivity contribution in [3.63, 3.8) is 0 Å². The number of rotatable bonds is 3. The van der Waals surface area contributed by atoms with Crippen molar-refractivity contribution in [2.24, 2.45) is 0 Å². The van der Waals surface area contributed by atoms with E-state index in [-0.39, 0.29) is 11.8 Å². The lowest BCUT2D eigenvalue weighted by molar-refractivity contribution is -0.127. The van der Waals surface area contributed by atoms with Crippen LogP contribution in [0.2, 0.25) is 0 Å². The molecule has 0 radical (unpaired) electrons. The first-order chi connectivity index (χ1) is 13.2. The number of thiazole rings is 1. The summed E-state index contributed by atoms with van der Waals surface area (Å²) in [5.74, 6) is -0.0142. The summed E-state index contributed by atoms with van der Waals surface area (Å²) in [5, 5.41) is 4.72. The van der Waals surface area contributed by atoms with Crippen LogP contribution in [0.15, 0.2) is 60.1 Å². The standard InChI is InChI=1S/C21H19N3O2S/c25-20(9-8-19-22-10-15-27-19)23-11-13-24(14-12-23)21(26)18-7-3-5-16-4-1-2-6-17(16)18/h1-10,15H,11-14H2/b9-8-. The van der Waals surface area contributed by atoms with Crippen LogP contribution in [0.4, 0.5) is 0 Å². The zero-order chi connectivity index (χ0) is 18.6. The normalized spacial score (nSPS) is 14.8. The molecule has 1 aliphatic heterocycles. The summed E-state index contributed by atoms with van der Waals surface area (Å²) in [4.78, 5) is 33.0. The molecule has 1 aliphatic rings. The predicted octanol–water partition coefficient (Wildman–Crippen LogP) is 3.29. The van der Waals surface area contributed by atoms with Crippen LogP contribution in [0.25, 0.3) is 16.8 Å². The van der Waals surface area contributed by atoms with E-state index in [1.165, 1.54) is 11.3 Å². The van der Waals surface area contributed by atoms with E-state index in [0.717, 1.165) is 21.3 Å². The Balaban J connectivity index is 1.41. The van der Waals surface area contributed by atoms with Crippen LogP contribution in [0.5, 0.6) is 0 Å². The number of carbonyl (C=O) groups is 2. The Morgan fingerprint density at radius 1 is 0.963 bits per heavy atom. The van der Waals surface area contributed by atoms with Gasteiger partial charge in [0.15, 0.2) is 0 Å². The van der Waals surface area contributed by atoms with Gasteiger partial charge in [0.1, 0.15) is 5.01 Å². The number of piperazine rings is 1. The van der Waals surface area contributed by atoms with E-state index < -0.39 is 0 Å². The number of hydrogen-bond donors (Lipinski definition) is 0. The summed E-state index contributed by atoms with van der Waals surface area (Å²) in [5.41, 5.74) is 0.719. The molecule has 4 rings (SSSR count). The van der Waals surface area contributed by atoms with Crippen molar-refractivity contribution < 1.29 is 9.59 Å². The molecule has 27 heavy (non-hydrogen) atoms. The monoisotopic (exact) mass is 377 g/mol. The lowest BCUT2D eigenvalue weighted by Gasteiger charge is -2.34. The van der Waals surface area contributed by atoms with Crippen LogP contribution in [-0.2, 0) is 4.79 Å². The van der Waals surface area contributed by atoms with Crippen LogP contribution in [-0.4, -0.2) is 52.8 Å². The second kappa shape index (κ2) is 7.72. The fourth-order valence-corrected chi connectivity index (χ4v) is 3.81. The van der Waals surface area contributed by atoms with E-state index in [4.69, 9.17) is 0 Å². The summed E-state index contributed by atoms with van der Waals surface area (Å²) < 4.78 is 0. The first-order valence-corrected chi connectivity index (χ1v) is 9.74. The van der Waals surface area contributed by atoms with E-state index in [1.807, 2.05) is 52.7 Å². The molecule has 0 aliphatic carbocycles. The predicted molar refractivity (Wildman–Crippen MR) is 108 cm³/mol. The minimum absolute atomic E-state index is 0.0252. The molecule has 0 bridgehead atoms. The second-order valence-electron chi connectivity index (χ2n) is 6.35. The third kappa shape index (κ3) is 3.75. The third-order valence-electron chi connectivity index (χ3n) is 4.72. The SMILES string of the molecule is O=C(/C=C\c1nccs1)N1CCN(C(=O)c2cccc3ccccc23)CC1. The van der Waals surface area contributed by atoms with Crippen LogP contribution in [0.3, 0.4) is 0 Å². The molecular formula is C21H19N3O2S. The summed E-state index contributed by atoms with van der Waals surface area (Å²) in [6, 6.07) is 13.7. The maximum absolute atomic E-state index is 13.0. The molecule has 0 saturated carbocycles. The van der Waals surface area contributed by atoms with Gasteiger partial charge in [-0.3, -0.25) is 9.59 Å². The molecule has 6 heteroatoms. The van der Waals surface area contributed by atoms with Crippen LogP contribution in [0.1, 0.15) is 15.4 Å². The Morgan fingerprint density at radius 3 is 2.48 bits per heavy atom. The molecule has 2 amide bonds. The molecule has 0 N–H and O–H groups in total. The molecule has 5 nitrogen and oxygen atoms in total. The van der Waals surface area contributed by atoms with Gasteiger partial charge in [-0.2, -0.15) is 0 Å². The van der Waals surface area contributed by atoms with Gasteiger partial charge in [-0.25, -0.2) is 4.98 Å². The Bertz CT molecular complexity index is 984. The van der Waals surface area contributed by atoms with E-state index in [2.05, 4.69) is 4.98 Å². The van der Waals surface area contributed by atoms with Crippen LogP contribution >= 0.6 is 11.3 Å². The number of hydrogen-bond acceptors (Lipinski definition) is 4. The maximum atomic E-state index is 13.0. The molecule has 1 aromatic heterocycles. The van der Waals surface area contributed by atoms with Gasteiger partial charge in [-0.05, 0) is 22.9 Å². The Labute approximate surface area is 161 Å². The van der Waals surface area contributed by atoms with Crippen LogP contribution in [0, 0.1) is 0 Å². The molecule has 1 fully saturated rings. The highest BCUT2D eigenvalue weighted by atomic mass is 32.1. The minimum Gasteiger partial charge on any atom is -0.336 e. The van der Waals surface area contributed by atoms with Gasteiger partial charge >= 0.3 is 0 Å². The van der Waals surface area contributed by atoms with Crippen molar-refractivity contribution in [3.05, 3.63) is 70.7 Å². The third-order valence-corrected chi connectivity index (χ3v) is 5.46. The average Bonchev–Trinajstić information content (AvgIpc) is 3.25. The fourth-order valence-electron chi connectivity index (χ4n) is 3.28. The molecule has 136 valence electrons. The quantitative estimate of drug-likeness (QED) is 0.658. The largest absolute Gasteiger partial charge is 0.336 e. The van der Waals surface area contributed by atoms with Crippen molar-refractivity contribution in [1.82, 2.24) is 14.8 Å². The van der Waals surface area contributed by atoms with E-state index in [0.29, 0.717) is 26.2 Å². The van der Waals surface area contributed by atoms with Crippen molar-refractivity contribution in [2.75, 3.05) is 26.2 Å². The van der Waals surface area contributed by atoms with Crippen molar-refractivity contribution in [1.29, 1.82) is 0 Å². The maximum Gasteiger partial charge on any atom is 0.254 e. The minimum atomic E-state index is -0.0394. The van der Waals surface area contributed by atoms with Crippen LogP contribution < -0.4 is 0 Å². The molecule has 2 aromatic carbocycles. The molecule has 0 atom stereocenters. The summed E-state index contributed by atoms with van der Waals surface area (Å²) in [7, 11) is 0. The average molecular weight is 377 g/mol. The highest BCUT2D eigenvalue weighted by Gasteiger charge is 2.24. The number of carbonyl (C=O) groups excluding carboxylic acids is 2. The van der Waals surface area contributed by atoms with Gasteiger partial charge in [-0.15, -0.1) is 11.3 Å². The zero-order valence-electron chi connectivity index (χ0n) is 14.7. The topological polar surface area (TPSA) is 53.5 Å². The molecule has 3 aromatic rings. The summed E-state index contributed by atoms with van der Waals surface area (Å²) in [6.45, 7) is 2.16. The first-order valence-electron chi connectivity index (χ1n) is 8.86. The smallest absolute Gasteiger partial charge is 0.254 e. The Morgan fingerprint density at radius 2 is 1.70 bits per heavy atom. The van der Waals surface area contributed by atoms with E-state index in [1.54, 1.807) is 23.2 Å². The van der Waals surface area contributed by atoms with Crippen molar-refractivity contribution in [3.8, 4) is 0 Å². The van der Waals surface area contributed by atoms with Crippen molar-refractivity contribution in [2.45, 2.75) is 0 Å². The van der Waals surface area contributed by atoms with Gasteiger partial charge in [0.2, 0.25) is 5.91 Å². The highest BCUT2D eigenvalue weighted by molar-refractivity contribution is 7.10. The van der Waals surface area contributed by atoms with E-state index in [9.17, 15) is 9.59 Å². The number of nitrogens with zero attached hydrogens (tertiary/aromatic N) is 3. The van der Waals surface area contributed by atoms with Gasteiger partial charge in [0.25, 0.3) is 5.91 Å². The van der Waals surface area contributed by atoms with E-state index >= 15 is 0 Å². The molecule has 2 heterocycles. The van der Waals surface area contributed by atoms with Gasteiger partial charge < -0.3 is 9.80 Å². The lowest BCUT2D eigenvalue weighted by atomic mass is 10.0. The first kappa shape index (κ1) is 17.4. The van der Waals surface area contributed by atoms with Crippen molar-refractivity contribution >= 4 is 40.0 Å².